The fourth-order valence-electron chi connectivity index (χ4n) is 0.675. The quantitative estimate of drug-likeness (QED) is 0.547. The Kier molecular flexibility index (Phi) is 18.2. The highest BCUT2D eigenvalue weighted by atomic mass is 35.5. The van der Waals surface area contributed by atoms with Crippen LogP contribution in [0.5, 0.6) is 0 Å². The summed E-state index contributed by atoms with van der Waals surface area (Å²) < 4.78 is 10.5. The maximum atomic E-state index is 5.53. The smallest absolute Gasteiger partial charge is 0.334 e. The molecule has 0 aromatic rings. The molecule has 5 heteroatoms. The molecule has 0 atom stereocenters. The minimum absolute atomic E-state index is 0. The maximum Gasteiger partial charge on any atom is 0.334 e. The molecule has 0 unspecified atom stereocenters. The molecule has 0 saturated carbocycles. The second kappa shape index (κ2) is 13.5. The van der Waals surface area contributed by atoms with Gasteiger partial charge >= 0.3 is 8.56 Å². The van der Waals surface area contributed by atoms with Crippen molar-refractivity contribution in [2.45, 2.75) is 33.4 Å². The lowest BCUT2D eigenvalue weighted by Crippen LogP contribution is -2.35. The summed E-state index contributed by atoms with van der Waals surface area (Å²) in [5.74, 6) is 0.690. The van der Waals surface area contributed by atoms with E-state index in [4.69, 9.17) is 20.5 Å². The van der Waals surface area contributed by atoms with E-state index in [0.29, 0.717) is 5.88 Å². The average Bonchev–Trinajstić information content (AvgIpc) is 2.26. The van der Waals surface area contributed by atoms with E-state index in [1.54, 1.807) is 14.2 Å². The van der Waals surface area contributed by atoms with Crippen LogP contribution >= 0.6 is 11.6 Å². The number of rotatable bonds is 6. The van der Waals surface area contributed by atoms with Crippen LogP contribution in [-0.4, -0.2) is 54.2 Å². The van der Waals surface area contributed by atoms with Crippen LogP contribution in [0.1, 0.15) is 20.8 Å². The highest BCUT2D eigenvalue weighted by molar-refractivity contribution is 6.65. The zero-order valence-corrected chi connectivity index (χ0v) is 12.7. The zero-order chi connectivity index (χ0) is 12.3. The molecule has 0 aliphatic carbocycles. The molecular weight excluding hydrogens is 242 g/mol. The van der Waals surface area contributed by atoms with Gasteiger partial charge in [-0.15, -0.1) is 11.6 Å². The SMILES string of the molecule is C.CCN(C)C.CO[Si](C)(CCCCl)OC. The lowest BCUT2D eigenvalue weighted by molar-refractivity contribution is 0.249. The number of hydrogen-bond donors (Lipinski definition) is 0. The van der Waals surface area contributed by atoms with E-state index >= 15 is 0 Å². The van der Waals surface area contributed by atoms with Crippen molar-refractivity contribution >= 4 is 20.2 Å². The molecule has 0 bridgehead atoms. The minimum atomic E-state index is -1.80. The van der Waals surface area contributed by atoms with Gasteiger partial charge in [-0.2, -0.15) is 0 Å². The van der Waals surface area contributed by atoms with E-state index in [-0.39, 0.29) is 7.43 Å². The molecule has 16 heavy (non-hydrogen) atoms. The molecule has 0 aromatic heterocycles. The van der Waals surface area contributed by atoms with Gasteiger partial charge in [0.25, 0.3) is 0 Å². The van der Waals surface area contributed by atoms with Crippen molar-refractivity contribution in [3.05, 3.63) is 0 Å². The number of nitrogens with zero attached hydrogens (tertiary/aromatic N) is 1. The summed E-state index contributed by atoms with van der Waals surface area (Å²) in [5, 5.41) is 0. The lowest BCUT2D eigenvalue weighted by atomic mass is 10.6. The van der Waals surface area contributed by atoms with Gasteiger partial charge in [-0.25, -0.2) is 0 Å². The van der Waals surface area contributed by atoms with E-state index < -0.39 is 8.56 Å². The van der Waals surface area contributed by atoms with E-state index in [1.165, 1.54) is 0 Å². The van der Waals surface area contributed by atoms with Crippen LogP contribution in [0.2, 0.25) is 12.6 Å². The maximum absolute atomic E-state index is 5.53. The Hall–Kier alpha value is 0.387. The molecule has 3 nitrogen and oxygen atoms in total. The fourth-order valence-corrected chi connectivity index (χ4v) is 2.43. The van der Waals surface area contributed by atoms with Crippen LogP contribution in [0, 0.1) is 0 Å². The van der Waals surface area contributed by atoms with Crippen LogP contribution in [0.4, 0.5) is 0 Å². The third-order valence-electron chi connectivity index (χ3n) is 2.26. The molecule has 0 aliphatic heterocycles. The van der Waals surface area contributed by atoms with Gasteiger partial charge in [-0.3, -0.25) is 0 Å². The first-order chi connectivity index (χ1) is 6.95. The Morgan fingerprint density at radius 2 is 1.56 bits per heavy atom. The van der Waals surface area contributed by atoms with Gasteiger partial charge < -0.3 is 13.8 Å². The van der Waals surface area contributed by atoms with Gasteiger partial charge in [0.05, 0.1) is 0 Å². The first kappa shape index (κ1) is 21.6. The first-order valence-corrected chi connectivity index (χ1v) is 8.32. The van der Waals surface area contributed by atoms with Gasteiger partial charge in [-0.05, 0) is 39.7 Å². The summed E-state index contributed by atoms with van der Waals surface area (Å²) in [7, 11) is 5.71. The van der Waals surface area contributed by atoms with Crippen molar-refractivity contribution in [3.8, 4) is 0 Å². The standard InChI is InChI=1S/C6H15ClO2Si.C4H11N.CH4/c1-8-10(3,9-2)6-4-5-7;1-4-5(2)3;/h4-6H2,1-3H3;4H2,1-3H3;1H4. The van der Waals surface area contributed by atoms with Crippen LogP contribution in [-0.2, 0) is 8.85 Å². The summed E-state index contributed by atoms with van der Waals surface area (Å²) in [5.41, 5.74) is 0. The minimum Gasteiger partial charge on any atom is -0.398 e. The molecule has 102 valence electrons. The van der Waals surface area contributed by atoms with Crippen molar-refractivity contribution in [1.82, 2.24) is 4.90 Å². The number of hydrogen-bond acceptors (Lipinski definition) is 3. The summed E-state index contributed by atoms with van der Waals surface area (Å²) in [6, 6.07) is 0.976. The third kappa shape index (κ3) is 14.4. The van der Waals surface area contributed by atoms with E-state index in [2.05, 4.69) is 25.9 Å². The fraction of sp³-hybridized carbons (Fsp3) is 1.00. The first-order valence-electron chi connectivity index (χ1n) is 5.26. The molecule has 0 N–H and O–H groups in total. The van der Waals surface area contributed by atoms with Crippen molar-refractivity contribution in [2.75, 3.05) is 40.7 Å². The highest BCUT2D eigenvalue weighted by Crippen LogP contribution is 2.13. The van der Waals surface area contributed by atoms with Crippen molar-refractivity contribution in [2.24, 2.45) is 0 Å². The van der Waals surface area contributed by atoms with Gasteiger partial charge in [0.15, 0.2) is 0 Å². The Balaban J connectivity index is -0.000000242. The Morgan fingerprint density at radius 3 is 1.75 bits per heavy atom. The third-order valence-corrected chi connectivity index (χ3v) is 5.52. The molecule has 0 spiro atoms. The van der Waals surface area contributed by atoms with E-state index in [1.807, 2.05) is 6.55 Å². The van der Waals surface area contributed by atoms with E-state index in [0.717, 1.165) is 19.0 Å². The van der Waals surface area contributed by atoms with Crippen molar-refractivity contribution in [1.29, 1.82) is 0 Å². The predicted octanol–water partition coefficient (Wildman–Crippen LogP) is 3.18. The second-order valence-corrected chi connectivity index (χ2v) is 7.69. The molecule has 0 heterocycles. The average molecular weight is 272 g/mol. The summed E-state index contributed by atoms with van der Waals surface area (Å²) in [4.78, 5) is 2.12. The molecule has 0 fully saturated rings. The Morgan fingerprint density at radius 1 is 1.19 bits per heavy atom. The van der Waals surface area contributed by atoms with Crippen LogP contribution in [0.3, 0.4) is 0 Å². The lowest BCUT2D eigenvalue weighted by Gasteiger charge is -2.21. The van der Waals surface area contributed by atoms with Crippen molar-refractivity contribution < 1.29 is 8.85 Å². The number of alkyl halides is 1. The molecule has 0 rings (SSSR count). The zero-order valence-electron chi connectivity index (χ0n) is 11.0. The van der Waals surface area contributed by atoms with Crippen LogP contribution < -0.4 is 0 Å². The van der Waals surface area contributed by atoms with Gasteiger partial charge in [0.1, 0.15) is 0 Å². The number of halogens is 1. The molecule has 0 saturated heterocycles. The monoisotopic (exact) mass is 271 g/mol. The normalized spacial score (nSPS) is 10.5. The molecular formula is C11H30ClNO2Si. The molecule has 0 aromatic carbocycles. The molecule has 0 aliphatic rings. The van der Waals surface area contributed by atoms with Crippen LogP contribution in [0.15, 0.2) is 0 Å². The summed E-state index contributed by atoms with van der Waals surface area (Å²) in [6.45, 7) is 5.31. The summed E-state index contributed by atoms with van der Waals surface area (Å²) in [6.07, 6.45) is 0.978. The van der Waals surface area contributed by atoms with Gasteiger partial charge in [0, 0.05) is 20.1 Å². The van der Waals surface area contributed by atoms with E-state index in [9.17, 15) is 0 Å². The molecule has 0 amide bonds. The van der Waals surface area contributed by atoms with Crippen LogP contribution in [0.25, 0.3) is 0 Å². The van der Waals surface area contributed by atoms with Crippen molar-refractivity contribution in [3.63, 3.8) is 0 Å². The van der Waals surface area contributed by atoms with Gasteiger partial charge in [-0.1, -0.05) is 14.4 Å². The Bertz CT molecular complexity index is 133. The predicted molar refractivity (Wildman–Crippen MR) is 76.7 cm³/mol. The van der Waals surface area contributed by atoms with Gasteiger partial charge in [0.2, 0.25) is 0 Å². The largest absolute Gasteiger partial charge is 0.398 e. The second-order valence-electron chi connectivity index (χ2n) is 3.73. The molecule has 0 radical (unpaired) electrons. The summed E-state index contributed by atoms with van der Waals surface area (Å²) >= 11 is 5.53. The topological polar surface area (TPSA) is 21.7 Å². The highest BCUT2D eigenvalue weighted by Gasteiger charge is 2.27. The Labute approximate surface area is 108 Å².